The minimum absolute atomic E-state index is 0.880. The number of rotatable bonds is 2. The lowest BCUT2D eigenvalue weighted by molar-refractivity contribution is 0.896. The molecular formula is C8H11N3. The van der Waals surface area contributed by atoms with Crippen LogP contribution in [-0.2, 0) is 7.05 Å². The number of imidazole rings is 1. The van der Waals surface area contributed by atoms with Gasteiger partial charge in [-0.25, -0.2) is 4.98 Å². The van der Waals surface area contributed by atoms with E-state index in [1.165, 1.54) is 6.20 Å². The smallest absolute Gasteiger partial charge is 0.153 e. The first-order chi connectivity index (χ1) is 5.25. The van der Waals surface area contributed by atoms with Crippen LogP contribution in [0.3, 0.4) is 0 Å². The molecule has 11 heavy (non-hydrogen) atoms. The third kappa shape index (κ3) is 1.55. The average molecular weight is 149 g/mol. The van der Waals surface area contributed by atoms with Crippen LogP contribution in [0.2, 0.25) is 0 Å². The molecule has 1 heterocycles. The summed E-state index contributed by atoms with van der Waals surface area (Å²) in [6.45, 7) is 5.42. The van der Waals surface area contributed by atoms with Crippen molar-refractivity contribution in [1.29, 1.82) is 0 Å². The van der Waals surface area contributed by atoms with Crippen molar-refractivity contribution < 1.29 is 0 Å². The van der Waals surface area contributed by atoms with Crippen molar-refractivity contribution in [1.82, 2.24) is 9.55 Å². The zero-order valence-corrected chi connectivity index (χ0v) is 6.78. The highest BCUT2D eigenvalue weighted by molar-refractivity contribution is 5.95. The van der Waals surface area contributed by atoms with Crippen molar-refractivity contribution in [2.75, 3.05) is 0 Å². The second-order valence-electron chi connectivity index (χ2n) is 2.26. The van der Waals surface area contributed by atoms with Crippen LogP contribution in [0.4, 0.5) is 0 Å². The Morgan fingerprint density at radius 1 is 1.82 bits per heavy atom. The topological polar surface area (TPSA) is 30.2 Å². The summed E-state index contributed by atoms with van der Waals surface area (Å²) in [5, 5.41) is 0. The minimum atomic E-state index is 0.880. The molecule has 0 fully saturated rings. The van der Waals surface area contributed by atoms with Gasteiger partial charge >= 0.3 is 0 Å². The van der Waals surface area contributed by atoms with E-state index >= 15 is 0 Å². The van der Waals surface area contributed by atoms with Gasteiger partial charge in [-0.05, 0) is 6.92 Å². The van der Waals surface area contributed by atoms with E-state index < -0.39 is 0 Å². The average Bonchev–Trinajstić information content (AvgIpc) is 2.36. The van der Waals surface area contributed by atoms with Crippen LogP contribution in [0, 0.1) is 0 Å². The summed E-state index contributed by atoms with van der Waals surface area (Å²) in [5.41, 5.74) is 0.882. The quantitative estimate of drug-likeness (QED) is 0.584. The fourth-order valence-electron chi connectivity index (χ4n) is 0.909. The summed E-state index contributed by atoms with van der Waals surface area (Å²) in [5.74, 6) is 0.880. The molecule has 1 aromatic rings. The van der Waals surface area contributed by atoms with Crippen molar-refractivity contribution in [3.8, 4) is 0 Å². The highest BCUT2D eigenvalue weighted by Crippen LogP contribution is 1.96. The maximum absolute atomic E-state index is 4.12. The number of aromatic nitrogens is 2. The molecule has 58 valence electrons. The fraction of sp³-hybridized carbons (Fsp3) is 0.250. The van der Waals surface area contributed by atoms with Gasteiger partial charge in [0, 0.05) is 25.6 Å². The summed E-state index contributed by atoms with van der Waals surface area (Å²) < 4.78 is 1.92. The monoisotopic (exact) mass is 149 g/mol. The number of aliphatic imine (C=N–C) groups is 1. The van der Waals surface area contributed by atoms with Crippen molar-refractivity contribution in [2.45, 2.75) is 6.92 Å². The Morgan fingerprint density at radius 2 is 2.55 bits per heavy atom. The van der Waals surface area contributed by atoms with Gasteiger partial charge in [0.25, 0.3) is 0 Å². The Morgan fingerprint density at radius 3 is 3.00 bits per heavy atom. The van der Waals surface area contributed by atoms with E-state index in [0.29, 0.717) is 0 Å². The van der Waals surface area contributed by atoms with Gasteiger partial charge in [-0.3, -0.25) is 4.99 Å². The van der Waals surface area contributed by atoms with E-state index in [0.717, 1.165) is 11.5 Å². The van der Waals surface area contributed by atoms with E-state index in [2.05, 4.69) is 16.6 Å². The Kier molecular flexibility index (Phi) is 2.21. The molecule has 0 N–H and O–H groups in total. The predicted octanol–water partition coefficient (Wildman–Crippen LogP) is 1.37. The van der Waals surface area contributed by atoms with Gasteiger partial charge in [0.1, 0.15) is 0 Å². The molecule has 0 spiro atoms. The number of hydrogen-bond donors (Lipinski definition) is 0. The van der Waals surface area contributed by atoms with Crippen LogP contribution >= 0.6 is 0 Å². The normalized spacial score (nSPS) is 11.6. The second-order valence-corrected chi connectivity index (χ2v) is 2.26. The molecule has 0 radical (unpaired) electrons. The Hall–Kier alpha value is -1.38. The number of hydrogen-bond acceptors (Lipinski definition) is 2. The third-order valence-electron chi connectivity index (χ3n) is 1.43. The molecule has 0 amide bonds. The predicted molar refractivity (Wildman–Crippen MR) is 45.6 cm³/mol. The van der Waals surface area contributed by atoms with Crippen LogP contribution in [0.1, 0.15) is 12.7 Å². The van der Waals surface area contributed by atoms with E-state index in [-0.39, 0.29) is 0 Å². The largest absolute Gasteiger partial charge is 0.333 e. The van der Waals surface area contributed by atoms with Crippen LogP contribution in [0.5, 0.6) is 0 Å². The van der Waals surface area contributed by atoms with Gasteiger partial charge in [-0.2, -0.15) is 0 Å². The zero-order valence-electron chi connectivity index (χ0n) is 6.78. The van der Waals surface area contributed by atoms with Crippen LogP contribution in [0.15, 0.2) is 30.2 Å². The SMILES string of the molecule is C=CN=C(C)c1nccn1C. The van der Waals surface area contributed by atoms with Crippen molar-refractivity contribution in [2.24, 2.45) is 12.0 Å². The highest BCUT2D eigenvalue weighted by Gasteiger charge is 2.00. The molecule has 0 aliphatic rings. The Bertz CT molecular complexity index is 283. The third-order valence-corrected chi connectivity index (χ3v) is 1.43. The first-order valence-corrected chi connectivity index (χ1v) is 3.38. The highest BCUT2D eigenvalue weighted by atomic mass is 15.0. The molecule has 0 saturated heterocycles. The van der Waals surface area contributed by atoms with Gasteiger partial charge in [0.15, 0.2) is 5.82 Å². The van der Waals surface area contributed by atoms with E-state index in [1.54, 1.807) is 6.20 Å². The van der Waals surface area contributed by atoms with Crippen LogP contribution in [-0.4, -0.2) is 15.3 Å². The van der Waals surface area contributed by atoms with Crippen molar-refractivity contribution >= 4 is 5.71 Å². The first-order valence-electron chi connectivity index (χ1n) is 3.38. The summed E-state index contributed by atoms with van der Waals surface area (Å²) in [7, 11) is 1.93. The maximum Gasteiger partial charge on any atom is 0.153 e. The summed E-state index contributed by atoms with van der Waals surface area (Å²) in [6.07, 6.45) is 5.15. The van der Waals surface area contributed by atoms with Crippen LogP contribution in [0.25, 0.3) is 0 Å². The summed E-state index contributed by atoms with van der Waals surface area (Å²) in [4.78, 5) is 8.14. The minimum Gasteiger partial charge on any atom is -0.333 e. The molecule has 1 rings (SSSR count). The van der Waals surface area contributed by atoms with Gasteiger partial charge in [-0.1, -0.05) is 6.58 Å². The van der Waals surface area contributed by atoms with Crippen molar-refractivity contribution in [3.63, 3.8) is 0 Å². The maximum atomic E-state index is 4.12. The molecule has 0 aliphatic carbocycles. The Labute approximate surface area is 66.1 Å². The number of aryl methyl sites for hydroxylation is 1. The lowest BCUT2D eigenvalue weighted by Gasteiger charge is -1.97. The van der Waals surface area contributed by atoms with Gasteiger partial charge in [0.05, 0.1) is 5.71 Å². The molecule has 0 bridgehead atoms. The van der Waals surface area contributed by atoms with E-state index in [4.69, 9.17) is 0 Å². The Balaban J connectivity index is 3.01. The standard InChI is InChI=1S/C8H11N3/c1-4-9-7(2)8-10-5-6-11(8)3/h4-6H,1H2,2-3H3. The number of nitrogens with zero attached hydrogens (tertiary/aromatic N) is 3. The molecule has 0 aliphatic heterocycles. The molecule has 3 nitrogen and oxygen atoms in total. The summed E-state index contributed by atoms with van der Waals surface area (Å²) in [6, 6.07) is 0. The van der Waals surface area contributed by atoms with Gasteiger partial charge < -0.3 is 4.57 Å². The molecule has 3 heteroatoms. The molecule has 0 atom stereocenters. The molecule has 0 unspecified atom stereocenters. The van der Waals surface area contributed by atoms with Crippen molar-refractivity contribution in [3.05, 3.63) is 31.0 Å². The van der Waals surface area contributed by atoms with Gasteiger partial charge in [-0.15, -0.1) is 0 Å². The van der Waals surface area contributed by atoms with E-state index in [9.17, 15) is 0 Å². The van der Waals surface area contributed by atoms with E-state index in [1.807, 2.05) is 24.7 Å². The molecular weight excluding hydrogens is 138 g/mol. The van der Waals surface area contributed by atoms with Crippen LogP contribution < -0.4 is 0 Å². The second kappa shape index (κ2) is 3.14. The molecule has 0 aromatic carbocycles. The fourth-order valence-corrected chi connectivity index (χ4v) is 0.909. The lowest BCUT2D eigenvalue weighted by Crippen LogP contribution is -2.03. The zero-order chi connectivity index (χ0) is 8.27. The molecule has 0 saturated carbocycles. The molecule has 1 aromatic heterocycles. The summed E-state index contributed by atoms with van der Waals surface area (Å²) >= 11 is 0. The first kappa shape index (κ1) is 7.72. The van der Waals surface area contributed by atoms with Gasteiger partial charge in [0.2, 0.25) is 0 Å². The lowest BCUT2D eigenvalue weighted by atomic mass is 10.4.